The van der Waals surface area contributed by atoms with Crippen molar-refractivity contribution in [3.8, 4) is 0 Å². The molecular weight excluding hydrogens is 304 g/mol. The first kappa shape index (κ1) is 16.4. The summed E-state index contributed by atoms with van der Waals surface area (Å²) in [6.07, 6.45) is -0.0682. The van der Waals surface area contributed by atoms with Gasteiger partial charge in [-0.1, -0.05) is 30.3 Å². The molecular formula is C18H22N4O2. The average Bonchev–Trinajstić information content (AvgIpc) is 2.60. The summed E-state index contributed by atoms with van der Waals surface area (Å²) < 4.78 is 5.80. The molecule has 2 aromatic rings. The van der Waals surface area contributed by atoms with Crippen LogP contribution in [0.15, 0.2) is 36.4 Å². The van der Waals surface area contributed by atoms with E-state index in [2.05, 4.69) is 15.3 Å². The van der Waals surface area contributed by atoms with Gasteiger partial charge in [-0.3, -0.25) is 4.79 Å². The SMILES string of the molecule is Cc1cc(C)nc(NCC(=O)N2CCOC(c3ccccc3)C2)n1. The van der Waals surface area contributed by atoms with Crippen molar-refractivity contribution in [2.45, 2.75) is 20.0 Å². The van der Waals surface area contributed by atoms with Crippen LogP contribution in [0, 0.1) is 13.8 Å². The molecule has 1 N–H and O–H groups in total. The van der Waals surface area contributed by atoms with Gasteiger partial charge < -0.3 is 15.0 Å². The van der Waals surface area contributed by atoms with Crippen molar-refractivity contribution in [2.75, 3.05) is 31.6 Å². The molecule has 1 aliphatic heterocycles. The number of nitrogens with zero attached hydrogens (tertiary/aromatic N) is 3. The van der Waals surface area contributed by atoms with E-state index in [-0.39, 0.29) is 18.6 Å². The molecule has 6 heteroatoms. The predicted molar refractivity (Wildman–Crippen MR) is 91.7 cm³/mol. The molecule has 126 valence electrons. The van der Waals surface area contributed by atoms with Crippen molar-refractivity contribution in [2.24, 2.45) is 0 Å². The third-order valence-electron chi connectivity index (χ3n) is 3.97. The Bertz CT molecular complexity index is 685. The van der Waals surface area contributed by atoms with Gasteiger partial charge in [0.25, 0.3) is 0 Å². The third-order valence-corrected chi connectivity index (χ3v) is 3.97. The molecule has 1 amide bonds. The number of benzene rings is 1. The van der Waals surface area contributed by atoms with Crippen LogP contribution in [0.25, 0.3) is 0 Å². The Morgan fingerprint density at radius 1 is 1.25 bits per heavy atom. The Morgan fingerprint density at radius 3 is 2.67 bits per heavy atom. The second kappa shape index (κ2) is 7.40. The number of carbonyl (C=O) groups excluding carboxylic acids is 1. The van der Waals surface area contributed by atoms with E-state index in [4.69, 9.17) is 4.74 Å². The number of hydrogen-bond donors (Lipinski definition) is 1. The standard InChI is InChI=1S/C18H22N4O2/c1-13-10-14(2)21-18(20-13)19-11-17(23)22-8-9-24-16(12-22)15-6-4-3-5-7-15/h3-7,10,16H,8-9,11-12H2,1-2H3,(H,19,20,21). The minimum atomic E-state index is -0.0682. The van der Waals surface area contributed by atoms with Gasteiger partial charge in [-0.15, -0.1) is 0 Å². The number of morpholine rings is 1. The van der Waals surface area contributed by atoms with Gasteiger partial charge in [0.2, 0.25) is 11.9 Å². The largest absolute Gasteiger partial charge is 0.370 e. The van der Waals surface area contributed by atoms with Crippen molar-refractivity contribution in [3.63, 3.8) is 0 Å². The molecule has 0 radical (unpaired) electrons. The maximum atomic E-state index is 12.5. The number of amides is 1. The summed E-state index contributed by atoms with van der Waals surface area (Å²) in [5.74, 6) is 0.524. The zero-order chi connectivity index (χ0) is 16.9. The minimum Gasteiger partial charge on any atom is -0.370 e. The molecule has 1 atom stereocenters. The summed E-state index contributed by atoms with van der Waals surface area (Å²) in [4.78, 5) is 22.9. The molecule has 1 aliphatic rings. The number of anilines is 1. The van der Waals surface area contributed by atoms with E-state index in [1.165, 1.54) is 0 Å². The molecule has 0 bridgehead atoms. The number of aromatic nitrogens is 2. The van der Waals surface area contributed by atoms with Gasteiger partial charge in [0, 0.05) is 17.9 Å². The lowest BCUT2D eigenvalue weighted by atomic mass is 10.1. The molecule has 1 saturated heterocycles. The summed E-state index contributed by atoms with van der Waals surface area (Å²) in [5.41, 5.74) is 2.86. The number of rotatable bonds is 4. The van der Waals surface area contributed by atoms with Crippen LogP contribution in [0.3, 0.4) is 0 Å². The molecule has 0 spiro atoms. The van der Waals surface area contributed by atoms with E-state index in [1.54, 1.807) is 0 Å². The summed E-state index contributed by atoms with van der Waals surface area (Å²) in [6, 6.07) is 11.9. The first-order valence-electron chi connectivity index (χ1n) is 8.12. The molecule has 1 aromatic carbocycles. The van der Waals surface area contributed by atoms with E-state index in [0.29, 0.717) is 25.6 Å². The normalized spacial score (nSPS) is 17.6. The van der Waals surface area contributed by atoms with E-state index in [0.717, 1.165) is 17.0 Å². The lowest BCUT2D eigenvalue weighted by Gasteiger charge is -2.33. The lowest BCUT2D eigenvalue weighted by Crippen LogP contribution is -2.44. The van der Waals surface area contributed by atoms with Crippen molar-refractivity contribution < 1.29 is 9.53 Å². The van der Waals surface area contributed by atoms with Crippen LogP contribution in [0.1, 0.15) is 23.1 Å². The summed E-state index contributed by atoms with van der Waals surface area (Å²) in [6.45, 7) is 5.73. The maximum Gasteiger partial charge on any atom is 0.242 e. The van der Waals surface area contributed by atoms with Crippen molar-refractivity contribution in [1.82, 2.24) is 14.9 Å². The second-order valence-electron chi connectivity index (χ2n) is 5.94. The van der Waals surface area contributed by atoms with E-state index < -0.39 is 0 Å². The summed E-state index contributed by atoms with van der Waals surface area (Å²) in [7, 11) is 0. The molecule has 6 nitrogen and oxygen atoms in total. The maximum absolute atomic E-state index is 12.5. The lowest BCUT2D eigenvalue weighted by molar-refractivity contribution is -0.137. The van der Waals surface area contributed by atoms with Crippen LogP contribution >= 0.6 is 0 Å². The number of carbonyl (C=O) groups is 1. The van der Waals surface area contributed by atoms with Gasteiger partial charge >= 0.3 is 0 Å². The molecule has 1 unspecified atom stereocenters. The van der Waals surface area contributed by atoms with Gasteiger partial charge in [-0.2, -0.15) is 0 Å². The van der Waals surface area contributed by atoms with Gasteiger partial charge in [0.05, 0.1) is 19.7 Å². The second-order valence-corrected chi connectivity index (χ2v) is 5.94. The first-order valence-corrected chi connectivity index (χ1v) is 8.12. The molecule has 1 fully saturated rings. The number of ether oxygens (including phenoxy) is 1. The smallest absolute Gasteiger partial charge is 0.242 e. The highest BCUT2D eigenvalue weighted by Crippen LogP contribution is 2.21. The van der Waals surface area contributed by atoms with Gasteiger partial charge in [0.15, 0.2) is 0 Å². The van der Waals surface area contributed by atoms with Gasteiger partial charge in [0.1, 0.15) is 6.10 Å². The highest BCUT2D eigenvalue weighted by Gasteiger charge is 2.25. The Kier molecular flexibility index (Phi) is 5.05. The van der Waals surface area contributed by atoms with Crippen LogP contribution in [0.2, 0.25) is 0 Å². The highest BCUT2D eigenvalue weighted by atomic mass is 16.5. The molecule has 3 rings (SSSR count). The fourth-order valence-electron chi connectivity index (χ4n) is 2.82. The van der Waals surface area contributed by atoms with Gasteiger partial charge in [-0.05, 0) is 25.5 Å². The fraction of sp³-hybridized carbons (Fsp3) is 0.389. The number of hydrogen-bond acceptors (Lipinski definition) is 5. The summed E-state index contributed by atoms with van der Waals surface area (Å²) in [5, 5.41) is 3.02. The Morgan fingerprint density at radius 2 is 1.96 bits per heavy atom. The summed E-state index contributed by atoms with van der Waals surface area (Å²) >= 11 is 0. The molecule has 1 aromatic heterocycles. The minimum absolute atomic E-state index is 0.0296. The van der Waals surface area contributed by atoms with E-state index in [1.807, 2.05) is 55.1 Å². The van der Waals surface area contributed by atoms with Crippen molar-refractivity contribution in [1.29, 1.82) is 0 Å². The zero-order valence-corrected chi connectivity index (χ0v) is 14.0. The van der Waals surface area contributed by atoms with Gasteiger partial charge in [-0.25, -0.2) is 9.97 Å². The number of aryl methyl sites for hydroxylation is 2. The Labute approximate surface area is 141 Å². The van der Waals surface area contributed by atoms with Crippen LogP contribution < -0.4 is 5.32 Å². The van der Waals surface area contributed by atoms with E-state index in [9.17, 15) is 4.79 Å². The molecule has 0 saturated carbocycles. The predicted octanol–water partition coefficient (Wildman–Crippen LogP) is 2.11. The average molecular weight is 326 g/mol. The Balaban J connectivity index is 1.58. The van der Waals surface area contributed by atoms with E-state index >= 15 is 0 Å². The fourth-order valence-corrected chi connectivity index (χ4v) is 2.82. The topological polar surface area (TPSA) is 67.4 Å². The van der Waals surface area contributed by atoms with Crippen LogP contribution in [-0.2, 0) is 9.53 Å². The number of nitrogens with one attached hydrogen (secondary N) is 1. The molecule has 24 heavy (non-hydrogen) atoms. The third kappa shape index (κ3) is 4.08. The molecule has 0 aliphatic carbocycles. The quantitative estimate of drug-likeness (QED) is 0.932. The monoisotopic (exact) mass is 326 g/mol. The van der Waals surface area contributed by atoms with Crippen LogP contribution in [0.4, 0.5) is 5.95 Å². The first-order chi connectivity index (χ1) is 11.6. The zero-order valence-electron chi connectivity index (χ0n) is 14.0. The Hall–Kier alpha value is -2.47. The van der Waals surface area contributed by atoms with Crippen LogP contribution in [-0.4, -0.2) is 47.0 Å². The van der Waals surface area contributed by atoms with Crippen molar-refractivity contribution in [3.05, 3.63) is 53.3 Å². The van der Waals surface area contributed by atoms with Crippen LogP contribution in [0.5, 0.6) is 0 Å². The van der Waals surface area contributed by atoms with Crippen molar-refractivity contribution >= 4 is 11.9 Å². The highest BCUT2D eigenvalue weighted by molar-refractivity contribution is 5.80. The molecule has 2 heterocycles.